The molecule has 0 aromatic carbocycles. The van der Waals surface area contributed by atoms with E-state index in [0.717, 1.165) is 25.7 Å². The molecule has 0 saturated heterocycles. The first-order chi connectivity index (χ1) is 17.5. The molecule has 0 aromatic heterocycles. The van der Waals surface area contributed by atoms with Gasteiger partial charge in [-0.1, -0.05) is 168 Å². The number of aliphatic carboxylic acids is 2. The number of carbonyl (C=O) groups excluding carboxylic acids is 2. The molecule has 0 fully saturated rings. The molecule has 0 unspecified atom stereocenters. The minimum Gasteiger partial charge on any atom is -0.550 e. The second-order valence-electron chi connectivity index (χ2n) is 10.7. The monoisotopic (exact) mass is 556 g/mol. The predicted octanol–water partition coefficient (Wildman–Crippen LogP) is 2.44. The van der Waals surface area contributed by atoms with Crippen molar-refractivity contribution in [3.8, 4) is 0 Å². The Morgan fingerprint density at radius 1 is 0.342 bits per heavy atom. The summed E-state index contributed by atoms with van der Waals surface area (Å²) in [5, 5.41) is 20.4. The van der Waals surface area contributed by atoms with Crippen molar-refractivity contribution in [1.29, 1.82) is 0 Å². The van der Waals surface area contributed by atoms with E-state index in [0.29, 0.717) is 0 Å². The zero-order valence-electron chi connectivity index (χ0n) is 26.4. The molecule has 0 amide bonds. The van der Waals surface area contributed by atoms with Gasteiger partial charge in [0.1, 0.15) is 0 Å². The number of carboxylic acid groups (broad SMARTS) is 2. The van der Waals surface area contributed by atoms with Crippen molar-refractivity contribution >= 4 is 11.9 Å². The van der Waals surface area contributed by atoms with E-state index in [1.165, 1.54) is 141 Å². The Labute approximate surface area is 282 Å². The van der Waals surface area contributed by atoms with E-state index in [4.69, 9.17) is 0 Å². The van der Waals surface area contributed by atoms with E-state index >= 15 is 0 Å². The maximum Gasteiger partial charge on any atom is 1.00 e. The molecule has 0 atom stereocenters. The van der Waals surface area contributed by atoms with Crippen LogP contribution in [-0.2, 0) is 9.59 Å². The van der Waals surface area contributed by atoms with Gasteiger partial charge in [-0.3, -0.25) is 0 Å². The third kappa shape index (κ3) is 49.8. The van der Waals surface area contributed by atoms with Gasteiger partial charge in [0.2, 0.25) is 0 Å². The molecule has 0 heterocycles. The number of rotatable bonds is 28. The van der Waals surface area contributed by atoms with Crippen molar-refractivity contribution in [3.63, 3.8) is 0 Å². The van der Waals surface area contributed by atoms with Gasteiger partial charge in [-0.2, -0.15) is 0 Å². The summed E-state index contributed by atoms with van der Waals surface area (Å²) in [6, 6.07) is 0. The summed E-state index contributed by atoms with van der Waals surface area (Å²) in [4.78, 5) is 20.4. The van der Waals surface area contributed by atoms with Crippen LogP contribution in [0.3, 0.4) is 0 Å². The van der Waals surface area contributed by atoms with Crippen molar-refractivity contribution < 1.29 is 78.9 Å². The van der Waals surface area contributed by atoms with Crippen molar-refractivity contribution in [2.75, 3.05) is 0 Å². The van der Waals surface area contributed by atoms with E-state index in [1.54, 1.807) is 0 Å². The second kappa shape index (κ2) is 42.4. The van der Waals surface area contributed by atoms with Crippen molar-refractivity contribution in [2.24, 2.45) is 0 Å². The van der Waals surface area contributed by atoms with Gasteiger partial charge in [-0.05, 0) is 25.7 Å². The summed E-state index contributed by atoms with van der Waals surface area (Å²) in [5.74, 6) is -1.81. The van der Waals surface area contributed by atoms with E-state index in [1.807, 2.05) is 0 Å². The minimum absolute atomic E-state index is 0. The number of hydrogen-bond donors (Lipinski definition) is 0. The van der Waals surface area contributed by atoms with Crippen molar-refractivity contribution in [2.45, 2.75) is 194 Å². The molecule has 38 heavy (non-hydrogen) atoms. The van der Waals surface area contributed by atoms with Gasteiger partial charge in [-0.25, -0.2) is 0 Å². The summed E-state index contributed by atoms with van der Waals surface area (Å²) in [6.45, 7) is 4.51. The van der Waals surface area contributed by atoms with Crippen LogP contribution in [0.5, 0.6) is 0 Å². The Morgan fingerprint density at radius 2 is 0.500 bits per heavy atom. The largest absolute Gasteiger partial charge is 1.00 e. The molecular formula is C32H62Na2O4. The topological polar surface area (TPSA) is 80.3 Å². The van der Waals surface area contributed by atoms with Crippen LogP contribution in [0.15, 0.2) is 0 Å². The molecule has 0 rings (SSSR count). The Morgan fingerprint density at radius 3 is 0.658 bits per heavy atom. The quantitative estimate of drug-likeness (QED) is 0.110. The van der Waals surface area contributed by atoms with Gasteiger partial charge in [0, 0.05) is 11.9 Å². The van der Waals surface area contributed by atoms with Crippen LogP contribution in [0.2, 0.25) is 0 Å². The van der Waals surface area contributed by atoms with Gasteiger partial charge in [-0.15, -0.1) is 0 Å². The number of hydrogen-bond acceptors (Lipinski definition) is 4. The third-order valence-corrected chi connectivity index (χ3v) is 6.97. The van der Waals surface area contributed by atoms with Crippen LogP contribution in [0.25, 0.3) is 0 Å². The smallest absolute Gasteiger partial charge is 0.550 e. The summed E-state index contributed by atoms with van der Waals surface area (Å²) in [5.41, 5.74) is 0. The van der Waals surface area contributed by atoms with Gasteiger partial charge >= 0.3 is 59.1 Å². The van der Waals surface area contributed by atoms with E-state index in [9.17, 15) is 19.8 Å². The summed E-state index contributed by atoms with van der Waals surface area (Å²) in [6.07, 6.45) is 33.9. The Balaban J connectivity index is -0.000000289. The number of carbonyl (C=O) groups is 2. The zero-order chi connectivity index (χ0) is 27.0. The van der Waals surface area contributed by atoms with Crippen LogP contribution in [-0.4, -0.2) is 11.9 Å². The Kier molecular flexibility index (Phi) is 51.2. The molecule has 0 aromatic rings. The van der Waals surface area contributed by atoms with Crippen molar-refractivity contribution in [1.82, 2.24) is 0 Å². The van der Waals surface area contributed by atoms with Crippen molar-refractivity contribution in [3.05, 3.63) is 0 Å². The average molecular weight is 557 g/mol. The molecule has 6 heteroatoms. The van der Waals surface area contributed by atoms with Crippen LogP contribution in [0.4, 0.5) is 0 Å². The number of carboxylic acids is 2. The van der Waals surface area contributed by atoms with E-state index < -0.39 is 11.9 Å². The Bertz CT molecular complexity index is 407. The summed E-state index contributed by atoms with van der Waals surface area (Å²) in [7, 11) is 0. The maximum absolute atomic E-state index is 10.2. The fourth-order valence-corrected chi connectivity index (χ4v) is 4.57. The average Bonchev–Trinajstić information content (AvgIpc) is 2.85. The molecule has 0 spiro atoms. The molecule has 0 radical (unpaired) electrons. The molecule has 0 N–H and O–H groups in total. The molecule has 0 aliphatic heterocycles. The maximum atomic E-state index is 10.2. The summed E-state index contributed by atoms with van der Waals surface area (Å²) >= 11 is 0. The first-order valence-electron chi connectivity index (χ1n) is 15.9. The molecular weight excluding hydrogens is 494 g/mol. The molecule has 0 saturated carbocycles. The first-order valence-corrected chi connectivity index (χ1v) is 15.9. The minimum atomic E-state index is -0.905. The SMILES string of the molecule is CCCCCCCCCCCCCCCC(=O)[O-].CCCCCCCCCCCCCCCC(=O)[O-].[Na+].[Na+]. The fraction of sp³-hybridized carbons (Fsp3) is 0.938. The third-order valence-electron chi connectivity index (χ3n) is 6.97. The van der Waals surface area contributed by atoms with Crippen LogP contribution in [0, 0.1) is 0 Å². The first kappa shape index (κ1) is 45.9. The summed E-state index contributed by atoms with van der Waals surface area (Å²) < 4.78 is 0. The van der Waals surface area contributed by atoms with Crippen LogP contribution < -0.4 is 69.3 Å². The Hall–Kier alpha value is 0.940. The van der Waals surface area contributed by atoms with Gasteiger partial charge in [0.25, 0.3) is 0 Å². The normalized spacial score (nSPS) is 10.2. The standard InChI is InChI=1S/2C16H32O2.2Na/c2*1-2-3-4-5-6-7-8-9-10-11-12-13-14-15-16(17)18;;/h2*2-15H2,1H3,(H,17,18);;/q;;2*+1/p-2. The zero-order valence-corrected chi connectivity index (χ0v) is 30.4. The van der Waals surface area contributed by atoms with Gasteiger partial charge in [0.05, 0.1) is 0 Å². The fourth-order valence-electron chi connectivity index (χ4n) is 4.57. The molecule has 4 nitrogen and oxygen atoms in total. The molecule has 216 valence electrons. The molecule has 0 bridgehead atoms. The van der Waals surface area contributed by atoms with Crippen LogP contribution >= 0.6 is 0 Å². The molecule has 0 aliphatic carbocycles. The van der Waals surface area contributed by atoms with E-state index in [-0.39, 0.29) is 72.0 Å². The number of unbranched alkanes of at least 4 members (excludes halogenated alkanes) is 24. The van der Waals surface area contributed by atoms with Gasteiger partial charge < -0.3 is 19.8 Å². The second-order valence-corrected chi connectivity index (χ2v) is 10.7. The molecule has 0 aliphatic rings. The van der Waals surface area contributed by atoms with Gasteiger partial charge in [0.15, 0.2) is 0 Å². The van der Waals surface area contributed by atoms with E-state index in [2.05, 4.69) is 13.8 Å². The van der Waals surface area contributed by atoms with Crippen LogP contribution in [0.1, 0.15) is 194 Å². The predicted molar refractivity (Wildman–Crippen MR) is 151 cm³/mol.